The second-order valence-electron chi connectivity index (χ2n) is 6.01. The van der Waals surface area contributed by atoms with Crippen LogP contribution in [-0.4, -0.2) is 50.2 Å². The first kappa shape index (κ1) is 16.6. The Morgan fingerprint density at radius 3 is 2.32 bits per heavy atom. The predicted octanol–water partition coefficient (Wildman–Crippen LogP) is 0.674. The second-order valence-corrected chi connectivity index (χ2v) is 6.78. The van der Waals surface area contributed by atoms with Crippen molar-refractivity contribution in [2.24, 2.45) is 0 Å². The number of hydrogen-bond donors (Lipinski definition) is 3. The van der Waals surface area contributed by atoms with Gasteiger partial charge in [-0.05, 0) is 34.1 Å². The van der Waals surface area contributed by atoms with Crippen LogP contribution in [0.4, 0.5) is 0 Å². The lowest BCUT2D eigenvalue weighted by molar-refractivity contribution is -0.194. The van der Waals surface area contributed by atoms with Crippen molar-refractivity contribution >= 4 is 34.4 Å². The zero-order chi connectivity index (χ0) is 14.8. The molecule has 0 aromatic rings. The Hall–Kier alpha value is -0.410. The van der Waals surface area contributed by atoms with Crippen LogP contribution in [0.25, 0.3) is 0 Å². The number of rotatable bonds is 4. The Balaban J connectivity index is 2.58. The van der Waals surface area contributed by atoms with E-state index in [0.29, 0.717) is 10.8 Å². The largest absolute Gasteiger partial charge is 0.350 e. The minimum absolute atomic E-state index is 0.0275. The first-order valence-electron chi connectivity index (χ1n) is 6.22. The molecule has 0 saturated carbocycles. The van der Waals surface area contributed by atoms with Crippen molar-refractivity contribution in [1.82, 2.24) is 15.7 Å². The lowest BCUT2D eigenvalue weighted by Gasteiger charge is -2.35. The van der Waals surface area contributed by atoms with Crippen molar-refractivity contribution in [3.8, 4) is 0 Å². The maximum Gasteiger partial charge on any atom is 0.239 e. The van der Waals surface area contributed by atoms with Gasteiger partial charge in [0.2, 0.25) is 11.8 Å². The summed E-state index contributed by atoms with van der Waals surface area (Å²) < 4.78 is 0.331. The van der Waals surface area contributed by atoms with Gasteiger partial charge in [-0.1, -0.05) is 22.6 Å². The minimum Gasteiger partial charge on any atom is -0.350 e. The maximum atomic E-state index is 11.8. The third-order valence-electron chi connectivity index (χ3n) is 3.58. The van der Waals surface area contributed by atoms with Crippen LogP contribution >= 0.6 is 22.6 Å². The Labute approximate surface area is 127 Å². The number of alkyl halides is 1. The summed E-state index contributed by atoms with van der Waals surface area (Å²) in [4.78, 5) is 22.9. The molecule has 110 valence electrons. The number of halogens is 1. The number of hydroxylamine groups is 2. The molecule has 1 aliphatic heterocycles. The summed E-state index contributed by atoms with van der Waals surface area (Å²) in [5.41, 5.74) is -0.917. The fraction of sp³-hybridized carbons (Fsp3) is 0.833. The average Bonchev–Trinajstić information content (AvgIpc) is 2.47. The Morgan fingerprint density at radius 2 is 1.89 bits per heavy atom. The minimum atomic E-state index is -0.535. The van der Waals surface area contributed by atoms with E-state index in [1.807, 2.05) is 50.3 Å². The molecular formula is C12H22IN3O3. The second kappa shape index (κ2) is 5.92. The normalized spacial score (nSPS) is 25.1. The highest BCUT2D eigenvalue weighted by Gasteiger charge is 2.51. The molecule has 0 aromatic carbocycles. The molecule has 7 heteroatoms. The molecule has 0 spiro atoms. The van der Waals surface area contributed by atoms with E-state index in [4.69, 9.17) is 0 Å². The van der Waals surface area contributed by atoms with Crippen LogP contribution in [-0.2, 0) is 9.59 Å². The quantitative estimate of drug-likeness (QED) is 0.493. The van der Waals surface area contributed by atoms with E-state index in [9.17, 15) is 14.8 Å². The average molecular weight is 383 g/mol. The highest BCUT2D eigenvalue weighted by atomic mass is 127. The predicted molar refractivity (Wildman–Crippen MR) is 80.2 cm³/mol. The zero-order valence-corrected chi connectivity index (χ0v) is 13.9. The number of nitrogens with one attached hydrogen (secondary N) is 2. The van der Waals surface area contributed by atoms with E-state index < -0.39 is 5.54 Å². The van der Waals surface area contributed by atoms with Crippen LogP contribution in [0.15, 0.2) is 0 Å². The summed E-state index contributed by atoms with van der Waals surface area (Å²) in [6.45, 7) is 7.60. The van der Waals surface area contributed by atoms with E-state index in [2.05, 4.69) is 10.6 Å². The van der Waals surface area contributed by atoms with Gasteiger partial charge in [0.05, 0.1) is 22.6 Å². The monoisotopic (exact) mass is 383 g/mol. The van der Waals surface area contributed by atoms with Gasteiger partial charge < -0.3 is 15.8 Å². The summed E-state index contributed by atoms with van der Waals surface area (Å²) in [5, 5.41) is 16.8. The molecule has 1 aliphatic rings. The first-order valence-corrected chi connectivity index (χ1v) is 7.75. The highest BCUT2D eigenvalue weighted by Crippen LogP contribution is 2.38. The van der Waals surface area contributed by atoms with Crippen molar-refractivity contribution in [2.45, 2.75) is 51.2 Å². The van der Waals surface area contributed by atoms with E-state index in [1.165, 1.54) is 5.06 Å². The number of carbonyl (C=O) groups excluding carboxylic acids is 2. The molecule has 1 fully saturated rings. The maximum absolute atomic E-state index is 11.8. The standard InChI is InChI=1S/C12H22IN3O3/c1-11(2)5-8(12(3,4)16(11)19)15-10(18)7-14-9(17)6-13/h8,19H,5-7H2,1-4H3,(H,14,17)(H,15,18). The highest BCUT2D eigenvalue weighted by molar-refractivity contribution is 14.1. The molecule has 1 saturated heterocycles. The van der Waals surface area contributed by atoms with Gasteiger partial charge in [-0.2, -0.15) is 5.06 Å². The molecule has 1 rings (SSSR count). The van der Waals surface area contributed by atoms with Crippen LogP contribution in [0.2, 0.25) is 0 Å². The van der Waals surface area contributed by atoms with Crippen molar-refractivity contribution in [3.05, 3.63) is 0 Å². The van der Waals surface area contributed by atoms with Gasteiger partial charge in [0.1, 0.15) is 0 Å². The van der Waals surface area contributed by atoms with E-state index in [-0.39, 0.29) is 29.9 Å². The summed E-state index contributed by atoms with van der Waals surface area (Å²) in [5.74, 6) is -0.395. The van der Waals surface area contributed by atoms with Crippen molar-refractivity contribution in [3.63, 3.8) is 0 Å². The van der Waals surface area contributed by atoms with Crippen LogP contribution in [0.1, 0.15) is 34.1 Å². The van der Waals surface area contributed by atoms with E-state index in [1.54, 1.807) is 0 Å². The summed E-state index contributed by atoms with van der Waals surface area (Å²) in [7, 11) is 0. The Bertz CT molecular complexity index is 371. The molecule has 1 unspecified atom stereocenters. The number of amides is 2. The summed E-state index contributed by atoms with van der Waals surface area (Å²) in [6, 6.07) is -0.156. The van der Waals surface area contributed by atoms with Gasteiger partial charge in [-0.3, -0.25) is 9.59 Å². The van der Waals surface area contributed by atoms with E-state index >= 15 is 0 Å². The molecule has 0 radical (unpaired) electrons. The van der Waals surface area contributed by atoms with Crippen LogP contribution in [0, 0.1) is 0 Å². The molecule has 2 amide bonds. The van der Waals surface area contributed by atoms with Gasteiger partial charge >= 0.3 is 0 Å². The summed E-state index contributed by atoms with van der Waals surface area (Å²) >= 11 is 1.94. The molecule has 1 heterocycles. The summed E-state index contributed by atoms with van der Waals surface area (Å²) in [6.07, 6.45) is 0.655. The van der Waals surface area contributed by atoms with Crippen molar-refractivity contribution in [1.29, 1.82) is 0 Å². The van der Waals surface area contributed by atoms with Crippen molar-refractivity contribution in [2.75, 3.05) is 11.0 Å². The number of carbonyl (C=O) groups is 2. The lowest BCUT2D eigenvalue weighted by atomic mass is 9.94. The van der Waals surface area contributed by atoms with Gasteiger partial charge in [-0.15, -0.1) is 0 Å². The molecular weight excluding hydrogens is 361 g/mol. The Kier molecular flexibility index (Phi) is 5.19. The zero-order valence-electron chi connectivity index (χ0n) is 11.8. The molecule has 0 aliphatic carbocycles. The van der Waals surface area contributed by atoms with Gasteiger partial charge in [0, 0.05) is 5.54 Å². The smallest absolute Gasteiger partial charge is 0.239 e. The SMILES string of the molecule is CC1(C)CC(NC(=O)CNC(=O)CI)C(C)(C)N1O. The fourth-order valence-electron chi connectivity index (χ4n) is 2.46. The fourth-order valence-corrected chi connectivity index (χ4v) is 2.73. The molecule has 0 aromatic heterocycles. The molecule has 6 nitrogen and oxygen atoms in total. The topological polar surface area (TPSA) is 81.7 Å². The molecule has 0 bridgehead atoms. The molecule has 19 heavy (non-hydrogen) atoms. The third-order valence-corrected chi connectivity index (χ3v) is 4.27. The lowest BCUT2D eigenvalue weighted by Crippen LogP contribution is -2.54. The van der Waals surface area contributed by atoms with Crippen LogP contribution in [0.5, 0.6) is 0 Å². The van der Waals surface area contributed by atoms with Gasteiger partial charge in [0.15, 0.2) is 0 Å². The van der Waals surface area contributed by atoms with E-state index in [0.717, 1.165) is 0 Å². The number of hydrogen-bond acceptors (Lipinski definition) is 4. The first-order chi connectivity index (χ1) is 8.61. The van der Waals surface area contributed by atoms with Crippen molar-refractivity contribution < 1.29 is 14.8 Å². The molecule has 3 N–H and O–H groups in total. The Morgan fingerprint density at radius 1 is 1.32 bits per heavy atom. The van der Waals surface area contributed by atoms with Gasteiger partial charge in [0.25, 0.3) is 0 Å². The third kappa shape index (κ3) is 3.79. The van der Waals surface area contributed by atoms with Gasteiger partial charge in [-0.25, -0.2) is 0 Å². The number of nitrogens with zero attached hydrogens (tertiary/aromatic N) is 1. The van der Waals surface area contributed by atoms with Crippen LogP contribution in [0.3, 0.4) is 0 Å². The molecule has 1 atom stereocenters. The van der Waals surface area contributed by atoms with Crippen LogP contribution < -0.4 is 10.6 Å².